The Hall–Kier alpha value is -2.28. The molecule has 1 rings (SSSR count). The number of nitrogens with zero attached hydrogens (tertiary/aromatic N) is 1. The van der Waals surface area contributed by atoms with E-state index in [4.69, 9.17) is 5.26 Å². The molecule has 0 saturated carbocycles. The molecule has 0 saturated heterocycles. The molecule has 0 radical (unpaired) electrons. The topological polar surface area (TPSA) is 73.1 Å². The summed E-state index contributed by atoms with van der Waals surface area (Å²) < 4.78 is 0. The second-order valence-electron chi connectivity index (χ2n) is 5.35. The van der Waals surface area contributed by atoms with Crippen molar-refractivity contribution in [2.45, 2.75) is 33.1 Å². The van der Waals surface area contributed by atoms with E-state index in [2.05, 4.69) is 26.1 Å². The molecule has 0 unspecified atom stereocenters. The van der Waals surface area contributed by atoms with Crippen molar-refractivity contribution in [3.63, 3.8) is 0 Å². The maximum Gasteiger partial charge on any atom is 0.269 e. The highest BCUT2D eigenvalue weighted by Gasteiger charge is 2.15. The van der Waals surface area contributed by atoms with Crippen LogP contribution in [-0.4, -0.2) is 11.0 Å². The molecule has 0 aliphatic rings. The van der Waals surface area contributed by atoms with Gasteiger partial charge in [-0.3, -0.25) is 4.79 Å². The molecule has 0 atom stereocenters. The maximum absolute atomic E-state index is 11.7. The van der Waals surface area contributed by atoms with E-state index in [1.165, 1.54) is 6.92 Å². The van der Waals surface area contributed by atoms with Gasteiger partial charge in [0, 0.05) is 5.69 Å². The van der Waals surface area contributed by atoms with E-state index in [1.807, 2.05) is 12.1 Å². The van der Waals surface area contributed by atoms with Gasteiger partial charge in [0.25, 0.3) is 5.91 Å². The number of anilines is 1. The first-order valence-corrected chi connectivity index (χ1v) is 5.97. The van der Waals surface area contributed by atoms with E-state index in [-0.39, 0.29) is 16.7 Å². The van der Waals surface area contributed by atoms with E-state index >= 15 is 0 Å². The zero-order chi connectivity index (χ0) is 14.6. The van der Waals surface area contributed by atoms with Crippen molar-refractivity contribution in [3.8, 4) is 6.07 Å². The van der Waals surface area contributed by atoms with Gasteiger partial charge in [0.1, 0.15) is 11.8 Å². The third kappa shape index (κ3) is 3.85. The first-order chi connectivity index (χ1) is 8.75. The van der Waals surface area contributed by atoms with Crippen molar-refractivity contribution in [2.24, 2.45) is 0 Å². The van der Waals surface area contributed by atoms with Gasteiger partial charge in [-0.2, -0.15) is 5.26 Å². The Kier molecular flexibility index (Phi) is 4.34. The van der Waals surface area contributed by atoms with E-state index in [0.717, 1.165) is 5.56 Å². The highest BCUT2D eigenvalue weighted by Crippen LogP contribution is 2.23. The van der Waals surface area contributed by atoms with Gasteiger partial charge in [-0.05, 0) is 30.0 Å². The lowest BCUT2D eigenvalue weighted by Crippen LogP contribution is -2.15. The molecule has 2 N–H and O–H groups in total. The molecule has 100 valence electrons. The number of aliphatic hydroxyl groups excluding tert-OH is 1. The van der Waals surface area contributed by atoms with Gasteiger partial charge in [-0.15, -0.1) is 0 Å². The molecule has 0 bridgehead atoms. The minimum absolute atomic E-state index is 0.0436. The monoisotopic (exact) mass is 258 g/mol. The number of carbonyl (C=O) groups is 1. The van der Waals surface area contributed by atoms with Crippen LogP contribution in [-0.2, 0) is 10.2 Å². The lowest BCUT2D eigenvalue weighted by molar-refractivity contribution is -0.112. The molecule has 19 heavy (non-hydrogen) atoms. The normalized spacial score (nSPS) is 12.4. The first kappa shape index (κ1) is 14.8. The molecular formula is C15H18N2O2. The number of allylic oxidation sites excluding steroid dienone is 1. The quantitative estimate of drug-likeness (QED) is 0.485. The molecule has 0 aliphatic carbocycles. The van der Waals surface area contributed by atoms with Crippen molar-refractivity contribution in [1.82, 2.24) is 0 Å². The predicted octanol–water partition coefficient (Wildman–Crippen LogP) is 3.28. The van der Waals surface area contributed by atoms with Crippen LogP contribution in [0.4, 0.5) is 5.69 Å². The van der Waals surface area contributed by atoms with Crippen molar-refractivity contribution in [1.29, 1.82) is 5.26 Å². The summed E-state index contributed by atoms with van der Waals surface area (Å²) in [6.07, 6.45) is 0. The molecule has 0 fully saturated rings. The fraction of sp³-hybridized carbons (Fsp3) is 0.333. The molecule has 4 heteroatoms. The maximum atomic E-state index is 11.7. The summed E-state index contributed by atoms with van der Waals surface area (Å²) in [7, 11) is 0. The Morgan fingerprint density at radius 2 is 1.79 bits per heavy atom. The van der Waals surface area contributed by atoms with Crippen molar-refractivity contribution in [2.75, 3.05) is 5.32 Å². The highest BCUT2D eigenvalue weighted by atomic mass is 16.3. The molecule has 0 heterocycles. The molecule has 0 aliphatic heterocycles. The number of hydrogen-bond donors (Lipinski definition) is 2. The summed E-state index contributed by atoms with van der Waals surface area (Å²) in [6, 6.07) is 9.09. The number of amides is 1. The lowest BCUT2D eigenvalue weighted by Gasteiger charge is -2.19. The Morgan fingerprint density at radius 3 is 2.16 bits per heavy atom. The number of aliphatic hydroxyl groups is 1. The molecule has 1 aromatic rings. The molecule has 1 aromatic carbocycles. The average Bonchev–Trinajstić information content (AvgIpc) is 2.28. The Labute approximate surface area is 113 Å². The summed E-state index contributed by atoms with van der Waals surface area (Å²) >= 11 is 0. The van der Waals surface area contributed by atoms with Crippen LogP contribution in [0.5, 0.6) is 0 Å². The van der Waals surface area contributed by atoms with Gasteiger partial charge in [0.15, 0.2) is 5.57 Å². The zero-order valence-corrected chi connectivity index (χ0v) is 11.6. The molecule has 0 spiro atoms. The van der Waals surface area contributed by atoms with Crippen LogP contribution in [0.3, 0.4) is 0 Å². The van der Waals surface area contributed by atoms with Gasteiger partial charge in [0.05, 0.1) is 0 Å². The molecular weight excluding hydrogens is 240 g/mol. The van der Waals surface area contributed by atoms with E-state index < -0.39 is 5.91 Å². The number of rotatable bonds is 2. The molecule has 0 aromatic heterocycles. The van der Waals surface area contributed by atoms with Crippen LogP contribution in [0.15, 0.2) is 35.6 Å². The summed E-state index contributed by atoms with van der Waals surface area (Å²) in [5, 5.41) is 20.5. The van der Waals surface area contributed by atoms with Gasteiger partial charge >= 0.3 is 0 Å². The molecule has 1 amide bonds. The number of nitriles is 1. The van der Waals surface area contributed by atoms with E-state index in [0.29, 0.717) is 5.69 Å². The van der Waals surface area contributed by atoms with Crippen LogP contribution >= 0.6 is 0 Å². The van der Waals surface area contributed by atoms with Gasteiger partial charge < -0.3 is 10.4 Å². The SMILES string of the molecule is C/C(O)=C(\C#N)C(=O)Nc1ccc(C(C)(C)C)cc1. The minimum atomic E-state index is -0.606. The van der Waals surface area contributed by atoms with Crippen molar-refractivity contribution in [3.05, 3.63) is 41.2 Å². The predicted molar refractivity (Wildman–Crippen MR) is 74.7 cm³/mol. The van der Waals surface area contributed by atoms with Gasteiger partial charge in [-0.1, -0.05) is 32.9 Å². The van der Waals surface area contributed by atoms with Crippen molar-refractivity contribution < 1.29 is 9.90 Å². The number of nitrogens with one attached hydrogen (secondary N) is 1. The Morgan fingerprint density at radius 1 is 1.26 bits per heavy atom. The summed E-state index contributed by atoms with van der Waals surface area (Å²) in [5.74, 6) is -0.891. The van der Waals surface area contributed by atoms with Crippen LogP contribution < -0.4 is 5.32 Å². The second-order valence-corrected chi connectivity index (χ2v) is 5.35. The van der Waals surface area contributed by atoms with Crippen molar-refractivity contribution >= 4 is 11.6 Å². The standard InChI is InChI=1S/C15H18N2O2/c1-10(18)13(9-16)14(19)17-12-7-5-11(6-8-12)15(2,3)4/h5-8,18H,1-4H3,(H,17,19)/b13-10-. The Bertz CT molecular complexity index is 539. The first-order valence-electron chi connectivity index (χ1n) is 5.97. The van der Waals surface area contributed by atoms with Crippen LogP contribution in [0.1, 0.15) is 33.3 Å². The third-order valence-electron chi connectivity index (χ3n) is 2.71. The van der Waals surface area contributed by atoms with Crippen LogP contribution in [0, 0.1) is 11.3 Å². The summed E-state index contributed by atoms with van der Waals surface area (Å²) in [4.78, 5) is 11.7. The van der Waals surface area contributed by atoms with Crippen LogP contribution in [0.25, 0.3) is 0 Å². The summed E-state index contributed by atoms with van der Waals surface area (Å²) in [5.41, 5.74) is 1.51. The second kappa shape index (κ2) is 5.57. The lowest BCUT2D eigenvalue weighted by atomic mass is 9.87. The number of benzene rings is 1. The highest BCUT2D eigenvalue weighted by molar-refractivity contribution is 6.06. The molecule has 4 nitrogen and oxygen atoms in total. The Balaban J connectivity index is 2.89. The van der Waals surface area contributed by atoms with Gasteiger partial charge in [-0.25, -0.2) is 0 Å². The average molecular weight is 258 g/mol. The smallest absolute Gasteiger partial charge is 0.269 e. The number of carbonyl (C=O) groups excluding carboxylic acids is 1. The fourth-order valence-electron chi connectivity index (χ4n) is 1.54. The minimum Gasteiger partial charge on any atom is -0.511 e. The largest absolute Gasteiger partial charge is 0.511 e. The fourth-order valence-corrected chi connectivity index (χ4v) is 1.54. The summed E-state index contributed by atoms with van der Waals surface area (Å²) in [6.45, 7) is 7.62. The van der Waals surface area contributed by atoms with Gasteiger partial charge in [0.2, 0.25) is 0 Å². The zero-order valence-electron chi connectivity index (χ0n) is 11.6. The third-order valence-corrected chi connectivity index (χ3v) is 2.71. The van der Waals surface area contributed by atoms with Crippen LogP contribution in [0.2, 0.25) is 0 Å². The number of hydrogen-bond acceptors (Lipinski definition) is 3. The van der Waals surface area contributed by atoms with E-state index in [9.17, 15) is 9.90 Å². The van der Waals surface area contributed by atoms with E-state index in [1.54, 1.807) is 18.2 Å².